The zero-order valence-corrected chi connectivity index (χ0v) is 16.4. The third-order valence-corrected chi connectivity index (χ3v) is 4.30. The third kappa shape index (κ3) is 3.89. The van der Waals surface area contributed by atoms with Crippen LogP contribution >= 0.6 is 11.6 Å². The number of carbonyl (C=O) groups excluding carboxylic acids is 2. The number of halogens is 1. The SMILES string of the molecule is CC(C)NC(=O)c1ccc(Cl)cc1NC(=O)c1nn(C)c(=O)c2ccccc12. The maximum atomic E-state index is 12.9. The number of nitrogens with zero attached hydrogens (tertiary/aromatic N) is 2. The molecule has 7 nitrogen and oxygen atoms in total. The molecule has 0 saturated heterocycles. The molecule has 28 heavy (non-hydrogen) atoms. The van der Waals surface area contributed by atoms with Crippen LogP contribution in [0.25, 0.3) is 10.8 Å². The fourth-order valence-corrected chi connectivity index (χ4v) is 2.98. The average molecular weight is 399 g/mol. The van der Waals surface area contributed by atoms with E-state index in [4.69, 9.17) is 11.6 Å². The lowest BCUT2D eigenvalue weighted by molar-refractivity contribution is 0.0944. The van der Waals surface area contributed by atoms with Crippen LogP contribution in [0.15, 0.2) is 47.3 Å². The van der Waals surface area contributed by atoms with Crippen molar-refractivity contribution in [3.8, 4) is 0 Å². The lowest BCUT2D eigenvalue weighted by atomic mass is 10.1. The maximum absolute atomic E-state index is 12.9. The van der Waals surface area contributed by atoms with Gasteiger partial charge in [-0.2, -0.15) is 5.10 Å². The summed E-state index contributed by atoms with van der Waals surface area (Å²) < 4.78 is 1.11. The summed E-state index contributed by atoms with van der Waals surface area (Å²) in [4.78, 5) is 37.6. The molecule has 3 aromatic rings. The number of nitrogens with one attached hydrogen (secondary N) is 2. The molecule has 0 spiro atoms. The topological polar surface area (TPSA) is 93.1 Å². The van der Waals surface area contributed by atoms with Crippen molar-refractivity contribution < 1.29 is 9.59 Å². The normalized spacial score (nSPS) is 10.9. The molecule has 3 rings (SSSR count). The summed E-state index contributed by atoms with van der Waals surface area (Å²) in [6.45, 7) is 3.68. The number of amides is 2. The zero-order chi connectivity index (χ0) is 20.4. The van der Waals surface area contributed by atoms with Gasteiger partial charge < -0.3 is 10.6 Å². The average Bonchev–Trinajstić information content (AvgIpc) is 2.64. The molecule has 0 aliphatic rings. The summed E-state index contributed by atoms with van der Waals surface area (Å²) >= 11 is 6.05. The second kappa shape index (κ2) is 7.82. The van der Waals surface area contributed by atoms with Gasteiger partial charge in [0.15, 0.2) is 5.69 Å². The Bertz CT molecular complexity index is 1140. The van der Waals surface area contributed by atoms with Gasteiger partial charge in [0.1, 0.15) is 0 Å². The van der Waals surface area contributed by atoms with Gasteiger partial charge in [-0.3, -0.25) is 14.4 Å². The Morgan fingerprint density at radius 1 is 1.07 bits per heavy atom. The number of aromatic nitrogens is 2. The van der Waals surface area contributed by atoms with Crippen molar-refractivity contribution in [2.75, 3.05) is 5.32 Å². The molecular weight excluding hydrogens is 380 g/mol. The van der Waals surface area contributed by atoms with Crippen molar-refractivity contribution in [2.45, 2.75) is 19.9 Å². The Labute approximate surface area is 166 Å². The van der Waals surface area contributed by atoms with Crippen molar-refractivity contribution in [1.29, 1.82) is 0 Å². The van der Waals surface area contributed by atoms with E-state index in [0.29, 0.717) is 15.8 Å². The van der Waals surface area contributed by atoms with Crippen LogP contribution in [0.5, 0.6) is 0 Å². The molecule has 0 fully saturated rings. The van der Waals surface area contributed by atoms with Gasteiger partial charge in [0, 0.05) is 23.5 Å². The Kier molecular flexibility index (Phi) is 5.46. The third-order valence-electron chi connectivity index (χ3n) is 4.07. The Morgan fingerprint density at radius 3 is 2.43 bits per heavy atom. The van der Waals surface area contributed by atoms with Crippen LogP contribution in [0.4, 0.5) is 5.69 Å². The molecule has 1 heterocycles. The van der Waals surface area contributed by atoms with Crippen molar-refractivity contribution in [3.05, 3.63) is 69.1 Å². The highest BCUT2D eigenvalue weighted by Crippen LogP contribution is 2.23. The van der Waals surface area contributed by atoms with Crippen LogP contribution in [-0.4, -0.2) is 27.6 Å². The van der Waals surface area contributed by atoms with Gasteiger partial charge >= 0.3 is 0 Å². The largest absolute Gasteiger partial charge is 0.350 e. The number of benzene rings is 2. The first-order valence-corrected chi connectivity index (χ1v) is 9.03. The molecule has 0 atom stereocenters. The van der Waals surface area contributed by atoms with Crippen LogP contribution in [0.1, 0.15) is 34.7 Å². The van der Waals surface area contributed by atoms with Crippen molar-refractivity contribution in [2.24, 2.45) is 7.05 Å². The van der Waals surface area contributed by atoms with E-state index in [2.05, 4.69) is 15.7 Å². The van der Waals surface area contributed by atoms with E-state index >= 15 is 0 Å². The van der Waals surface area contributed by atoms with Gasteiger partial charge in [-0.25, -0.2) is 4.68 Å². The monoisotopic (exact) mass is 398 g/mol. The fourth-order valence-electron chi connectivity index (χ4n) is 2.81. The fraction of sp³-hybridized carbons (Fsp3) is 0.200. The molecule has 0 radical (unpaired) electrons. The first-order valence-electron chi connectivity index (χ1n) is 8.65. The number of anilines is 1. The Hall–Kier alpha value is -3.19. The van der Waals surface area contributed by atoms with Crippen molar-refractivity contribution >= 4 is 39.9 Å². The zero-order valence-electron chi connectivity index (χ0n) is 15.6. The second-order valence-corrected chi connectivity index (χ2v) is 7.03. The summed E-state index contributed by atoms with van der Waals surface area (Å²) in [5, 5.41) is 10.8. The molecule has 2 amide bonds. The van der Waals surface area contributed by atoms with E-state index < -0.39 is 5.91 Å². The van der Waals surface area contributed by atoms with Crippen LogP contribution in [0.2, 0.25) is 5.02 Å². The van der Waals surface area contributed by atoms with Crippen LogP contribution in [0.3, 0.4) is 0 Å². The minimum Gasteiger partial charge on any atom is -0.350 e. The summed E-state index contributed by atoms with van der Waals surface area (Å²) in [5.74, 6) is -0.882. The predicted molar refractivity (Wildman–Crippen MR) is 109 cm³/mol. The number of rotatable bonds is 4. The first-order chi connectivity index (χ1) is 13.3. The van der Waals surface area contributed by atoms with Gasteiger partial charge in [-0.15, -0.1) is 0 Å². The van der Waals surface area contributed by atoms with E-state index in [-0.39, 0.29) is 34.5 Å². The number of hydrogen-bond donors (Lipinski definition) is 2. The molecular formula is C20H19ClN4O3. The second-order valence-electron chi connectivity index (χ2n) is 6.60. The summed E-state index contributed by atoms with van der Waals surface area (Å²) in [6, 6.07) is 11.3. The van der Waals surface area contributed by atoms with Gasteiger partial charge in [0.05, 0.1) is 16.6 Å². The Balaban J connectivity index is 2.04. The lowest BCUT2D eigenvalue weighted by Crippen LogP contribution is -2.31. The molecule has 8 heteroatoms. The molecule has 0 unspecified atom stereocenters. The number of hydrogen-bond acceptors (Lipinski definition) is 4. The number of fused-ring (bicyclic) bond motifs is 1. The molecule has 2 N–H and O–H groups in total. The first kappa shape index (κ1) is 19.6. The lowest BCUT2D eigenvalue weighted by Gasteiger charge is -2.14. The van der Waals surface area contributed by atoms with E-state index in [9.17, 15) is 14.4 Å². The molecule has 144 valence electrons. The number of aryl methyl sites for hydroxylation is 1. The molecule has 0 bridgehead atoms. The quantitative estimate of drug-likeness (QED) is 0.706. The molecule has 0 aliphatic heterocycles. The predicted octanol–water partition coefficient (Wildman–Crippen LogP) is 2.98. The molecule has 0 aliphatic carbocycles. The molecule has 1 aromatic heterocycles. The van der Waals surface area contributed by atoms with E-state index in [1.807, 2.05) is 13.8 Å². The minimum atomic E-state index is -0.548. The molecule has 0 saturated carbocycles. The highest BCUT2D eigenvalue weighted by atomic mass is 35.5. The van der Waals surface area contributed by atoms with Gasteiger partial charge in [0.2, 0.25) is 0 Å². The Morgan fingerprint density at radius 2 is 1.75 bits per heavy atom. The highest BCUT2D eigenvalue weighted by molar-refractivity contribution is 6.31. The standard InChI is InChI=1S/C20H19ClN4O3/c1-11(2)22-18(26)15-9-8-12(21)10-16(15)23-19(27)17-13-6-4-5-7-14(13)20(28)25(3)24-17/h4-11H,1-3H3,(H,22,26)(H,23,27). The van der Waals surface area contributed by atoms with Crippen LogP contribution < -0.4 is 16.2 Å². The summed E-state index contributed by atoms with van der Waals surface area (Å²) in [5.41, 5.74) is 0.316. The van der Waals surface area contributed by atoms with Crippen molar-refractivity contribution in [1.82, 2.24) is 15.1 Å². The maximum Gasteiger partial charge on any atom is 0.276 e. The molecule has 2 aromatic carbocycles. The summed E-state index contributed by atoms with van der Waals surface area (Å²) in [7, 11) is 1.48. The van der Waals surface area contributed by atoms with Gasteiger partial charge in [-0.05, 0) is 38.1 Å². The van der Waals surface area contributed by atoms with Gasteiger partial charge in [-0.1, -0.05) is 29.8 Å². The van der Waals surface area contributed by atoms with Crippen LogP contribution in [0, 0.1) is 0 Å². The minimum absolute atomic E-state index is 0.0685. The smallest absolute Gasteiger partial charge is 0.276 e. The van der Waals surface area contributed by atoms with E-state index in [1.54, 1.807) is 36.4 Å². The highest BCUT2D eigenvalue weighted by Gasteiger charge is 2.19. The van der Waals surface area contributed by atoms with E-state index in [0.717, 1.165) is 4.68 Å². The van der Waals surface area contributed by atoms with Gasteiger partial charge in [0.25, 0.3) is 17.4 Å². The van der Waals surface area contributed by atoms with Crippen LogP contribution in [-0.2, 0) is 7.05 Å². The van der Waals surface area contributed by atoms with E-state index in [1.165, 1.54) is 13.1 Å². The van der Waals surface area contributed by atoms with Crippen molar-refractivity contribution in [3.63, 3.8) is 0 Å². The summed E-state index contributed by atoms with van der Waals surface area (Å²) in [6.07, 6.45) is 0. The number of carbonyl (C=O) groups is 2.